The van der Waals surface area contributed by atoms with Crippen molar-refractivity contribution in [3.05, 3.63) is 41.5 Å². The highest BCUT2D eigenvalue weighted by Gasteiger charge is 2.77. The molecule has 16 heteroatoms. The predicted octanol–water partition coefficient (Wildman–Crippen LogP) is 4.35. The fraction of sp³-hybridized carbons (Fsp3) is 0.692. The molecule has 6 rings (SSSR count). The maximum absolute atomic E-state index is 15.2. The van der Waals surface area contributed by atoms with Crippen molar-refractivity contribution in [2.75, 3.05) is 26.3 Å². The van der Waals surface area contributed by atoms with Crippen LogP contribution in [0.3, 0.4) is 0 Å². The standard InChI is InChI=1S/C39H52F3N3O10/c1-3-5-9-17-37(18-10-6-4-2)53-30-28-22-38(36(50)44-20-11-14-27(44)34(48)43-19-21-46)32(35(49)52-28)45(55-33(38)31(30)54-37)23-26-13-8-7-12-25(26)15-16-29(47)51-24-39(40,41)42/h7-8,12-13,15-16,27-28,30-33,46H,3-6,9-11,14,17-24H2,1-2H3,(H,43,48)/t27-,28-,30+,31+,32-,33-,38-/m1/s1. The van der Waals surface area contributed by atoms with Gasteiger partial charge in [0.2, 0.25) is 11.8 Å². The third-order valence-electron chi connectivity index (χ3n) is 11.4. The number of aliphatic hydroxyl groups is 1. The van der Waals surface area contributed by atoms with Crippen LogP contribution < -0.4 is 5.32 Å². The van der Waals surface area contributed by atoms with Crippen molar-refractivity contribution < 1.29 is 61.2 Å². The van der Waals surface area contributed by atoms with Crippen LogP contribution >= 0.6 is 0 Å². The molecular formula is C39H52F3N3O10. The predicted molar refractivity (Wildman–Crippen MR) is 189 cm³/mol. The van der Waals surface area contributed by atoms with Gasteiger partial charge in [0.25, 0.3) is 0 Å². The Kier molecular flexibility index (Phi) is 12.9. The highest BCUT2D eigenvalue weighted by molar-refractivity contribution is 5.96. The average Bonchev–Trinajstić information content (AvgIpc) is 3.88. The number of nitrogens with one attached hydrogen (secondary N) is 1. The van der Waals surface area contributed by atoms with Crippen molar-refractivity contribution in [2.45, 2.75) is 139 Å². The van der Waals surface area contributed by atoms with E-state index >= 15 is 4.79 Å². The second kappa shape index (κ2) is 17.3. The molecule has 4 aliphatic heterocycles. The smallest absolute Gasteiger partial charge is 0.422 e. The maximum Gasteiger partial charge on any atom is 0.422 e. The number of benzene rings is 1. The molecule has 1 saturated carbocycles. The molecule has 0 spiro atoms. The Labute approximate surface area is 318 Å². The summed E-state index contributed by atoms with van der Waals surface area (Å²) >= 11 is 0. The van der Waals surface area contributed by atoms with Crippen LogP contribution in [0.2, 0.25) is 0 Å². The number of hydrogen-bond acceptors (Lipinski definition) is 11. The number of likely N-dealkylation sites (tertiary alicyclic amines) is 1. The minimum atomic E-state index is -4.68. The van der Waals surface area contributed by atoms with Gasteiger partial charge in [0.05, 0.1) is 13.2 Å². The Bertz CT molecular complexity index is 1580. The zero-order valence-corrected chi connectivity index (χ0v) is 31.4. The molecule has 55 heavy (non-hydrogen) atoms. The van der Waals surface area contributed by atoms with Gasteiger partial charge in [-0.1, -0.05) is 63.8 Å². The molecule has 304 valence electrons. The SMILES string of the molecule is CCCCCC1(CCCCC)O[C@@H]2[C@H](O1)[C@H]1ON(Cc3ccccc3C=CC(=O)OCC(F)(F)F)[C@@H]3C(=O)O[C@@H]2C[C@]13C(=O)N1CCC[C@@H]1C(=O)NCCO. The van der Waals surface area contributed by atoms with Gasteiger partial charge in [-0.15, -0.1) is 0 Å². The molecule has 0 unspecified atom stereocenters. The summed E-state index contributed by atoms with van der Waals surface area (Å²) in [6.07, 6.45) is 2.09. The fourth-order valence-corrected chi connectivity index (χ4v) is 8.89. The number of carbonyl (C=O) groups excluding carboxylic acids is 4. The third kappa shape index (κ3) is 8.58. The summed E-state index contributed by atoms with van der Waals surface area (Å²) in [5.41, 5.74) is -0.550. The van der Waals surface area contributed by atoms with Gasteiger partial charge in [-0.3, -0.25) is 19.2 Å². The second-order valence-corrected chi connectivity index (χ2v) is 15.1. The maximum atomic E-state index is 15.2. The molecule has 4 saturated heterocycles. The van der Waals surface area contributed by atoms with E-state index in [4.69, 9.17) is 19.0 Å². The van der Waals surface area contributed by atoms with Crippen molar-refractivity contribution >= 4 is 29.8 Å². The van der Waals surface area contributed by atoms with Crippen LogP contribution in [0.4, 0.5) is 13.2 Å². The molecule has 0 aromatic heterocycles. The molecule has 1 aromatic rings. The molecule has 4 heterocycles. The number of rotatable bonds is 17. The monoisotopic (exact) mass is 779 g/mol. The number of carbonyl (C=O) groups is 4. The zero-order valence-electron chi connectivity index (χ0n) is 31.4. The van der Waals surface area contributed by atoms with Crippen molar-refractivity contribution in [2.24, 2.45) is 5.41 Å². The molecule has 13 nitrogen and oxygen atoms in total. The number of nitrogens with zero attached hydrogens (tertiary/aromatic N) is 2. The van der Waals surface area contributed by atoms with Crippen LogP contribution in [-0.4, -0.2) is 114 Å². The van der Waals surface area contributed by atoms with E-state index < -0.39 is 84.2 Å². The van der Waals surface area contributed by atoms with Crippen molar-refractivity contribution in [3.8, 4) is 0 Å². The van der Waals surface area contributed by atoms with Crippen LogP contribution in [0, 0.1) is 5.41 Å². The number of halogens is 3. The number of amides is 2. The van der Waals surface area contributed by atoms with E-state index in [2.05, 4.69) is 23.9 Å². The molecule has 1 aliphatic carbocycles. The van der Waals surface area contributed by atoms with E-state index in [1.807, 2.05) is 0 Å². The minimum Gasteiger partial charge on any atom is -0.458 e. The molecule has 5 fully saturated rings. The Hall–Kier alpha value is -3.57. The summed E-state index contributed by atoms with van der Waals surface area (Å²) in [4.78, 5) is 63.2. The van der Waals surface area contributed by atoms with E-state index in [1.54, 1.807) is 24.3 Å². The van der Waals surface area contributed by atoms with E-state index in [-0.39, 0.29) is 32.7 Å². The molecule has 1 aromatic carbocycles. The molecule has 0 radical (unpaired) electrons. The summed E-state index contributed by atoms with van der Waals surface area (Å²) in [6, 6.07) is 4.69. The first-order valence-corrected chi connectivity index (χ1v) is 19.5. The lowest BCUT2D eigenvalue weighted by Crippen LogP contribution is -2.70. The number of fused-ring (bicyclic) bond motifs is 4. The number of hydroxylamine groups is 2. The highest BCUT2D eigenvalue weighted by atomic mass is 19.4. The Morgan fingerprint density at radius 3 is 2.45 bits per heavy atom. The van der Waals surface area contributed by atoms with Crippen molar-refractivity contribution in [1.82, 2.24) is 15.3 Å². The number of unbranched alkanes of at least 4 members (excludes halogenated alkanes) is 4. The second-order valence-electron chi connectivity index (χ2n) is 15.1. The van der Waals surface area contributed by atoms with Gasteiger partial charge in [-0.05, 0) is 42.9 Å². The van der Waals surface area contributed by atoms with Gasteiger partial charge in [0.1, 0.15) is 35.9 Å². The third-order valence-corrected chi connectivity index (χ3v) is 11.4. The van der Waals surface area contributed by atoms with Gasteiger partial charge in [0, 0.05) is 38.4 Å². The number of aliphatic hydroxyl groups excluding tert-OH is 1. The van der Waals surface area contributed by atoms with Gasteiger partial charge in [0.15, 0.2) is 18.4 Å². The summed E-state index contributed by atoms with van der Waals surface area (Å²) in [5.74, 6) is -3.67. The van der Waals surface area contributed by atoms with Gasteiger partial charge < -0.3 is 34.3 Å². The first-order valence-electron chi connectivity index (χ1n) is 19.5. The lowest BCUT2D eigenvalue weighted by molar-refractivity contribution is -0.225. The number of alkyl halides is 3. The zero-order chi connectivity index (χ0) is 39.4. The molecule has 2 bridgehead atoms. The topological polar surface area (TPSA) is 153 Å². The van der Waals surface area contributed by atoms with E-state index in [9.17, 15) is 32.7 Å². The molecule has 2 N–H and O–H groups in total. The first-order chi connectivity index (χ1) is 26.4. The summed E-state index contributed by atoms with van der Waals surface area (Å²) in [6.45, 7) is 2.46. The molecule has 2 amide bonds. The van der Waals surface area contributed by atoms with Gasteiger partial charge >= 0.3 is 18.1 Å². The first kappa shape index (κ1) is 41.1. The quantitative estimate of drug-likeness (QED) is 0.132. The van der Waals surface area contributed by atoms with E-state index in [0.717, 1.165) is 44.6 Å². The van der Waals surface area contributed by atoms with Crippen LogP contribution in [-0.2, 0) is 49.5 Å². The van der Waals surface area contributed by atoms with Crippen LogP contribution in [0.1, 0.15) is 95.6 Å². The van der Waals surface area contributed by atoms with Crippen LogP contribution in [0.15, 0.2) is 30.3 Å². The largest absolute Gasteiger partial charge is 0.458 e. The number of esters is 2. The number of hydrogen-bond donors (Lipinski definition) is 2. The molecule has 5 aliphatic rings. The molecule has 7 atom stereocenters. The normalized spacial score (nSPS) is 29.7. The average molecular weight is 780 g/mol. The Balaban J connectivity index is 1.36. The van der Waals surface area contributed by atoms with E-state index in [1.165, 1.54) is 16.0 Å². The molecular weight excluding hydrogens is 727 g/mol. The lowest BCUT2D eigenvalue weighted by Gasteiger charge is -2.50. The van der Waals surface area contributed by atoms with Crippen LogP contribution in [0.5, 0.6) is 0 Å². The number of ether oxygens (including phenoxy) is 4. The summed E-state index contributed by atoms with van der Waals surface area (Å²) in [7, 11) is 0. The lowest BCUT2D eigenvalue weighted by atomic mass is 9.62. The van der Waals surface area contributed by atoms with Crippen molar-refractivity contribution in [1.29, 1.82) is 0 Å². The van der Waals surface area contributed by atoms with Gasteiger partial charge in [-0.2, -0.15) is 18.2 Å². The van der Waals surface area contributed by atoms with Gasteiger partial charge in [-0.25, -0.2) is 4.79 Å². The Morgan fingerprint density at radius 2 is 1.76 bits per heavy atom. The van der Waals surface area contributed by atoms with Crippen molar-refractivity contribution in [3.63, 3.8) is 0 Å². The summed E-state index contributed by atoms with van der Waals surface area (Å²) < 4.78 is 62.1. The van der Waals surface area contributed by atoms with E-state index in [0.29, 0.717) is 36.8 Å². The van der Waals surface area contributed by atoms with Crippen LogP contribution in [0.25, 0.3) is 6.08 Å². The minimum absolute atomic E-state index is 0.0278. The Morgan fingerprint density at radius 1 is 1.05 bits per heavy atom. The fourth-order valence-electron chi connectivity index (χ4n) is 8.89. The summed E-state index contributed by atoms with van der Waals surface area (Å²) in [5, 5.41) is 13.4. The highest BCUT2D eigenvalue weighted by Crippen LogP contribution is 2.59.